The van der Waals surface area contributed by atoms with Gasteiger partial charge in [0.25, 0.3) is 0 Å². The molecule has 7 nitrogen and oxygen atoms in total. The largest absolute Gasteiger partial charge is 0.356 e. The van der Waals surface area contributed by atoms with E-state index in [9.17, 15) is 18.5 Å². The van der Waals surface area contributed by atoms with Crippen LogP contribution in [0.4, 0.5) is 0 Å². The number of hydrogen-bond donors (Lipinski definition) is 1. The van der Waals surface area contributed by atoms with Crippen LogP contribution < -0.4 is 5.32 Å². The molecular formula is C24H30N4O3S. The average molecular weight is 455 g/mol. The number of nitriles is 1. The summed E-state index contributed by atoms with van der Waals surface area (Å²) in [5, 5.41) is 12.2. The Kier molecular flexibility index (Phi) is 8.39. The molecule has 1 N–H and O–H groups in total. The molecule has 0 aromatic heterocycles. The van der Waals surface area contributed by atoms with Gasteiger partial charge in [0.15, 0.2) is 0 Å². The van der Waals surface area contributed by atoms with Crippen molar-refractivity contribution in [2.24, 2.45) is 5.92 Å². The number of benzene rings is 2. The lowest BCUT2D eigenvalue weighted by atomic mass is 9.97. The molecule has 3 rings (SSSR count). The van der Waals surface area contributed by atoms with E-state index in [0.717, 1.165) is 19.5 Å². The molecule has 170 valence electrons. The Balaban J connectivity index is 1.41. The van der Waals surface area contributed by atoms with Crippen LogP contribution in [0.5, 0.6) is 0 Å². The Hall–Kier alpha value is -2.73. The van der Waals surface area contributed by atoms with Gasteiger partial charge in [0.1, 0.15) is 6.07 Å². The summed E-state index contributed by atoms with van der Waals surface area (Å²) in [6, 6.07) is 18.4. The number of hydrogen-bond acceptors (Lipinski definition) is 5. The van der Waals surface area contributed by atoms with Gasteiger partial charge in [0.2, 0.25) is 15.9 Å². The molecule has 0 bridgehead atoms. The number of nitrogens with zero attached hydrogens (tertiary/aromatic N) is 3. The van der Waals surface area contributed by atoms with Crippen molar-refractivity contribution in [1.82, 2.24) is 14.5 Å². The van der Waals surface area contributed by atoms with Gasteiger partial charge >= 0.3 is 0 Å². The van der Waals surface area contributed by atoms with Crippen LogP contribution >= 0.6 is 0 Å². The first-order valence-corrected chi connectivity index (χ1v) is 12.4. The van der Waals surface area contributed by atoms with E-state index in [2.05, 4.69) is 29.4 Å². The van der Waals surface area contributed by atoms with E-state index in [1.165, 1.54) is 22.0 Å². The maximum atomic E-state index is 12.9. The van der Waals surface area contributed by atoms with Gasteiger partial charge in [-0.1, -0.05) is 42.5 Å². The monoisotopic (exact) mass is 454 g/mol. The van der Waals surface area contributed by atoms with E-state index in [1.807, 2.05) is 24.3 Å². The minimum Gasteiger partial charge on any atom is -0.356 e. The fraction of sp³-hybridized carbons (Fsp3) is 0.417. The van der Waals surface area contributed by atoms with Crippen LogP contribution in [0.15, 0.2) is 59.5 Å². The molecule has 0 spiro atoms. The number of carbonyl (C=O) groups is 1. The Morgan fingerprint density at radius 1 is 1.12 bits per heavy atom. The number of piperidine rings is 1. The first-order chi connectivity index (χ1) is 15.4. The molecule has 0 unspecified atom stereocenters. The first-order valence-electron chi connectivity index (χ1n) is 10.9. The summed E-state index contributed by atoms with van der Waals surface area (Å²) in [7, 11) is -1.67. The molecule has 1 heterocycles. The summed E-state index contributed by atoms with van der Waals surface area (Å²) in [6.45, 7) is 2.91. The highest BCUT2D eigenvalue weighted by Crippen LogP contribution is 2.25. The molecule has 2 aromatic carbocycles. The second-order valence-corrected chi connectivity index (χ2v) is 10.1. The summed E-state index contributed by atoms with van der Waals surface area (Å²) >= 11 is 0. The van der Waals surface area contributed by atoms with Crippen LogP contribution in [-0.4, -0.2) is 56.8 Å². The van der Waals surface area contributed by atoms with Crippen molar-refractivity contribution in [2.45, 2.75) is 30.7 Å². The summed E-state index contributed by atoms with van der Waals surface area (Å²) in [6.07, 6.45) is 1.81. The molecule has 1 fully saturated rings. The van der Waals surface area contributed by atoms with Gasteiger partial charge in [-0.2, -0.15) is 9.57 Å². The molecule has 0 atom stereocenters. The maximum Gasteiger partial charge on any atom is 0.244 e. The van der Waals surface area contributed by atoms with Gasteiger partial charge < -0.3 is 10.2 Å². The van der Waals surface area contributed by atoms with Gasteiger partial charge in [-0.15, -0.1) is 0 Å². The zero-order chi connectivity index (χ0) is 23.0. The molecule has 8 heteroatoms. The van der Waals surface area contributed by atoms with Gasteiger partial charge in [0, 0.05) is 32.1 Å². The third kappa shape index (κ3) is 6.16. The summed E-state index contributed by atoms with van der Waals surface area (Å²) in [5.74, 6) is -0.195. The number of amides is 1. The zero-order valence-electron chi connectivity index (χ0n) is 18.4. The molecule has 1 aliphatic heterocycles. The quantitative estimate of drug-likeness (QED) is 0.588. The first kappa shape index (κ1) is 23.9. The summed E-state index contributed by atoms with van der Waals surface area (Å²) in [4.78, 5) is 14.8. The summed E-state index contributed by atoms with van der Waals surface area (Å²) < 4.78 is 27.2. The average Bonchev–Trinajstić information content (AvgIpc) is 2.82. The van der Waals surface area contributed by atoms with E-state index in [0.29, 0.717) is 19.4 Å². The Bertz CT molecular complexity index is 1040. The molecule has 1 aliphatic rings. The lowest BCUT2D eigenvalue weighted by molar-refractivity contribution is -0.126. The SMILES string of the molecule is CN(CCCNC(=O)C1CCN(S(=O)(=O)c2ccccc2C#N)CC1)Cc1ccccc1. The summed E-state index contributed by atoms with van der Waals surface area (Å²) in [5.41, 5.74) is 1.41. The molecule has 0 aliphatic carbocycles. The Morgan fingerprint density at radius 3 is 2.47 bits per heavy atom. The zero-order valence-corrected chi connectivity index (χ0v) is 19.2. The van der Waals surface area contributed by atoms with Crippen molar-refractivity contribution in [3.63, 3.8) is 0 Å². The van der Waals surface area contributed by atoms with Crippen molar-refractivity contribution in [2.75, 3.05) is 33.2 Å². The van der Waals surface area contributed by atoms with Crippen LogP contribution in [-0.2, 0) is 21.4 Å². The molecule has 0 radical (unpaired) electrons. The maximum absolute atomic E-state index is 12.9. The minimum absolute atomic E-state index is 0.00909. The highest BCUT2D eigenvalue weighted by Gasteiger charge is 2.33. The second kappa shape index (κ2) is 11.2. The van der Waals surface area contributed by atoms with Crippen molar-refractivity contribution in [3.05, 3.63) is 65.7 Å². The predicted molar refractivity (Wildman–Crippen MR) is 123 cm³/mol. The molecule has 2 aromatic rings. The van der Waals surface area contributed by atoms with Gasteiger partial charge in [-0.3, -0.25) is 4.79 Å². The van der Waals surface area contributed by atoms with Crippen LogP contribution in [0.2, 0.25) is 0 Å². The molecule has 1 amide bonds. The Morgan fingerprint density at radius 2 is 1.78 bits per heavy atom. The van der Waals surface area contributed by atoms with Crippen molar-refractivity contribution < 1.29 is 13.2 Å². The van der Waals surface area contributed by atoms with Crippen molar-refractivity contribution in [1.29, 1.82) is 5.26 Å². The highest BCUT2D eigenvalue weighted by molar-refractivity contribution is 7.89. The van der Waals surface area contributed by atoms with Crippen LogP contribution in [0, 0.1) is 17.2 Å². The van der Waals surface area contributed by atoms with E-state index in [1.54, 1.807) is 12.1 Å². The number of sulfonamides is 1. The molecule has 0 saturated carbocycles. The van der Waals surface area contributed by atoms with Crippen molar-refractivity contribution in [3.8, 4) is 6.07 Å². The van der Waals surface area contributed by atoms with Gasteiger partial charge in [-0.25, -0.2) is 8.42 Å². The van der Waals surface area contributed by atoms with E-state index in [-0.39, 0.29) is 35.4 Å². The smallest absolute Gasteiger partial charge is 0.244 e. The van der Waals surface area contributed by atoms with Crippen molar-refractivity contribution >= 4 is 15.9 Å². The number of carbonyl (C=O) groups excluding carboxylic acids is 1. The topological polar surface area (TPSA) is 93.5 Å². The fourth-order valence-corrected chi connectivity index (χ4v) is 5.57. The van der Waals surface area contributed by atoms with Crippen LogP contribution in [0.1, 0.15) is 30.4 Å². The Labute approximate surface area is 190 Å². The normalized spacial score (nSPS) is 15.4. The highest BCUT2D eigenvalue weighted by atomic mass is 32.2. The van der Waals surface area contributed by atoms with E-state index >= 15 is 0 Å². The second-order valence-electron chi connectivity index (χ2n) is 8.15. The van der Waals surface area contributed by atoms with Crippen LogP contribution in [0.3, 0.4) is 0 Å². The third-order valence-electron chi connectivity index (χ3n) is 5.76. The molecule has 1 saturated heterocycles. The lowest BCUT2D eigenvalue weighted by Gasteiger charge is -2.30. The van der Waals surface area contributed by atoms with E-state index < -0.39 is 10.0 Å². The van der Waals surface area contributed by atoms with Gasteiger partial charge in [0.05, 0.1) is 10.5 Å². The standard InChI is InChI=1S/C24H30N4O3S/c1-27(19-20-8-3-2-4-9-20)15-7-14-26-24(29)21-12-16-28(17-13-21)32(30,31)23-11-6-5-10-22(23)18-25/h2-6,8-11,21H,7,12-17,19H2,1H3,(H,26,29). The third-order valence-corrected chi connectivity index (χ3v) is 7.72. The number of rotatable bonds is 9. The predicted octanol–water partition coefficient (Wildman–Crippen LogP) is 2.60. The minimum atomic E-state index is -3.74. The van der Waals surface area contributed by atoms with Gasteiger partial charge in [-0.05, 0) is 50.6 Å². The van der Waals surface area contributed by atoms with Crippen LogP contribution in [0.25, 0.3) is 0 Å². The lowest BCUT2D eigenvalue weighted by Crippen LogP contribution is -2.43. The molecular weight excluding hydrogens is 424 g/mol. The number of nitrogens with one attached hydrogen (secondary N) is 1. The fourth-order valence-electron chi connectivity index (χ4n) is 3.96. The molecule has 32 heavy (non-hydrogen) atoms. The van der Waals surface area contributed by atoms with E-state index in [4.69, 9.17) is 0 Å².